The van der Waals surface area contributed by atoms with Gasteiger partial charge in [0.25, 0.3) is 5.91 Å². The fourth-order valence-electron chi connectivity index (χ4n) is 2.24. The standard InChI is InChI=1S/C16H21N3O3/c1-4-22-9-5-8-17-16(21)14-15(20)12-10-11(2)6-7-13(12)19(3)18-14/h6-7,10H,4-5,8-9H2,1-3H3,(H,17,21). The van der Waals surface area contributed by atoms with Crippen molar-refractivity contribution >= 4 is 16.8 Å². The molecule has 0 aliphatic heterocycles. The monoisotopic (exact) mass is 303 g/mol. The molecule has 1 N–H and O–H groups in total. The number of carbonyl (C=O) groups is 1. The number of benzene rings is 1. The topological polar surface area (TPSA) is 73.2 Å². The molecule has 118 valence electrons. The molecule has 0 radical (unpaired) electrons. The van der Waals surface area contributed by atoms with Crippen molar-refractivity contribution in [2.75, 3.05) is 19.8 Å². The van der Waals surface area contributed by atoms with Crippen molar-refractivity contribution < 1.29 is 9.53 Å². The summed E-state index contributed by atoms with van der Waals surface area (Å²) in [6.07, 6.45) is 0.701. The molecule has 2 rings (SSSR count). The van der Waals surface area contributed by atoms with E-state index in [0.29, 0.717) is 37.1 Å². The largest absolute Gasteiger partial charge is 0.382 e. The highest BCUT2D eigenvalue weighted by molar-refractivity contribution is 5.95. The summed E-state index contributed by atoms with van der Waals surface area (Å²) in [4.78, 5) is 24.6. The molecular formula is C16H21N3O3. The van der Waals surface area contributed by atoms with Gasteiger partial charge < -0.3 is 10.1 Å². The molecule has 6 heteroatoms. The van der Waals surface area contributed by atoms with Gasteiger partial charge in [0.05, 0.1) is 10.9 Å². The maximum Gasteiger partial charge on any atom is 0.275 e. The highest BCUT2D eigenvalue weighted by Gasteiger charge is 2.16. The van der Waals surface area contributed by atoms with E-state index in [-0.39, 0.29) is 11.1 Å². The Labute approximate surface area is 129 Å². The molecule has 0 aliphatic carbocycles. The second kappa shape index (κ2) is 7.17. The van der Waals surface area contributed by atoms with Crippen LogP contribution in [0.4, 0.5) is 0 Å². The average molecular weight is 303 g/mol. The van der Waals surface area contributed by atoms with E-state index in [1.54, 1.807) is 17.8 Å². The third kappa shape index (κ3) is 3.51. The molecule has 0 fully saturated rings. The van der Waals surface area contributed by atoms with Gasteiger partial charge in [-0.3, -0.25) is 14.3 Å². The normalized spacial score (nSPS) is 10.9. The van der Waals surface area contributed by atoms with Crippen LogP contribution in [0.2, 0.25) is 0 Å². The minimum absolute atomic E-state index is 0.0722. The summed E-state index contributed by atoms with van der Waals surface area (Å²) in [6.45, 7) is 5.52. The zero-order valence-corrected chi connectivity index (χ0v) is 13.2. The van der Waals surface area contributed by atoms with Gasteiger partial charge >= 0.3 is 0 Å². The molecule has 0 saturated carbocycles. The number of aromatic nitrogens is 2. The van der Waals surface area contributed by atoms with Crippen LogP contribution < -0.4 is 10.7 Å². The number of amides is 1. The molecule has 0 spiro atoms. The van der Waals surface area contributed by atoms with Gasteiger partial charge in [0, 0.05) is 26.8 Å². The Bertz CT molecular complexity index is 737. The first-order chi connectivity index (χ1) is 10.5. The van der Waals surface area contributed by atoms with E-state index in [9.17, 15) is 9.59 Å². The molecule has 0 saturated heterocycles. The van der Waals surface area contributed by atoms with E-state index in [1.807, 2.05) is 26.0 Å². The third-order valence-corrected chi connectivity index (χ3v) is 3.38. The Morgan fingerprint density at radius 1 is 1.41 bits per heavy atom. The number of nitrogens with zero attached hydrogens (tertiary/aromatic N) is 2. The Morgan fingerprint density at radius 2 is 2.18 bits per heavy atom. The molecule has 2 aromatic rings. The van der Waals surface area contributed by atoms with Gasteiger partial charge in [-0.15, -0.1) is 0 Å². The van der Waals surface area contributed by atoms with E-state index >= 15 is 0 Å². The molecule has 0 unspecified atom stereocenters. The predicted octanol–water partition coefficient (Wildman–Crippen LogP) is 1.40. The van der Waals surface area contributed by atoms with Crippen molar-refractivity contribution in [1.29, 1.82) is 0 Å². The number of ether oxygens (including phenoxy) is 1. The van der Waals surface area contributed by atoms with Crippen LogP contribution in [0.5, 0.6) is 0 Å². The summed E-state index contributed by atoms with van der Waals surface area (Å²) < 4.78 is 6.76. The lowest BCUT2D eigenvalue weighted by atomic mass is 10.1. The van der Waals surface area contributed by atoms with Gasteiger partial charge in [0.15, 0.2) is 5.69 Å². The van der Waals surface area contributed by atoms with Gasteiger partial charge in [0.1, 0.15) is 0 Å². The Balaban J connectivity index is 2.22. The lowest BCUT2D eigenvalue weighted by Crippen LogP contribution is -2.32. The van der Waals surface area contributed by atoms with Crippen LogP contribution in [0.1, 0.15) is 29.4 Å². The number of rotatable bonds is 6. The number of nitrogens with one attached hydrogen (secondary N) is 1. The van der Waals surface area contributed by atoms with E-state index in [0.717, 1.165) is 5.56 Å². The zero-order chi connectivity index (χ0) is 16.1. The summed E-state index contributed by atoms with van der Waals surface area (Å²) in [5, 5.41) is 7.33. The van der Waals surface area contributed by atoms with Crippen LogP contribution in [0.25, 0.3) is 10.9 Å². The van der Waals surface area contributed by atoms with Gasteiger partial charge in [0.2, 0.25) is 5.43 Å². The lowest BCUT2D eigenvalue weighted by Gasteiger charge is -2.09. The quantitative estimate of drug-likeness (QED) is 0.819. The number of fused-ring (bicyclic) bond motifs is 1. The number of hydrogen-bond acceptors (Lipinski definition) is 4. The second-order valence-corrected chi connectivity index (χ2v) is 5.13. The Kier molecular flexibility index (Phi) is 5.27. The first kappa shape index (κ1) is 16.2. The van der Waals surface area contributed by atoms with Crippen molar-refractivity contribution in [3.05, 3.63) is 39.7 Å². The van der Waals surface area contributed by atoms with Gasteiger partial charge in [-0.1, -0.05) is 11.6 Å². The van der Waals surface area contributed by atoms with Crippen LogP contribution in [-0.4, -0.2) is 35.4 Å². The molecule has 1 aromatic carbocycles. The predicted molar refractivity (Wildman–Crippen MR) is 85.2 cm³/mol. The Morgan fingerprint density at radius 3 is 2.91 bits per heavy atom. The molecule has 0 aliphatic rings. The van der Waals surface area contributed by atoms with Crippen molar-refractivity contribution in [1.82, 2.24) is 15.1 Å². The summed E-state index contributed by atoms with van der Waals surface area (Å²) in [6, 6.07) is 5.53. The van der Waals surface area contributed by atoms with Crippen molar-refractivity contribution in [2.45, 2.75) is 20.3 Å². The fraction of sp³-hybridized carbons (Fsp3) is 0.438. The van der Waals surface area contributed by atoms with E-state index in [1.165, 1.54) is 0 Å². The second-order valence-electron chi connectivity index (χ2n) is 5.13. The average Bonchev–Trinajstić information content (AvgIpc) is 2.50. The highest BCUT2D eigenvalue weighted by Crippen LogP contribution is 2.11. The Hall–Kier alpha value is -2.21. The molecule has 22 heavy (non-hydrogen) atoms. The van der Waals surface area contributed by atoms with Crippen LogP contribution in [0, 0.1) is 6.92 Å². The minimum Gasteiger partial charge on any atom is -0.382 e. The van der Waals surface area contributed by atoms with E-state index < -0.39 is 5.91 Å². The third-order valence-electron chi connectivity index (χ3n) is 3.38. The highest BCUT2D eigenvalue weighted by atomic mass is 16.5. The zero-order valence-electron chi connectivity index (χ0n) is 13.2. The van der Waals surface area contributed by atoms with Crippen LogP contribution in [0.3, 0.4) is 0 Å². The van der Waals surface area contributed by atoms with Crippen LogP contribution in [0.15, 0.2) is 23.0 Å². The lowest BCUT2D eigenvalue weighted by molar-refractivity contribution is 0.0936. The molecule has 0 atom stereocenters. The smallest absolute Gasteiger partial charge is 0.275 e. The van der Waals surface area contributed by atoms with Crippen LogP contribution in [-0.2, 0) is 11.8 Å². The molecular weight excluding hydrogens is 282 g/mol. The summed E-state index contributed by atoms with van der Waals surface area (Å²) in [5.41, 5.74) is 1.28. The molecule has 0 bridgehead atoms. The van der Waals surface area contributed by atoms with Crippen LogP contribution >= 0.6 is 0 Å². The van der Waals surface area contributed by atoms with Crippen molar-refractivity contribution in [3.63, 3.8) is 0 Å². The number of carbonyl (C=O) groups excluding carboxylic acids is 1. The SMILES string of the molecule is CCOCCCNC(=O)c1nn(C)c2ccc(C)cc2c1=O. The first-order valence-corrected chi connectivity index (χ1v) is 7.38. The maximum absolute atomic E-state index is 12.4. The van der Waals surface area contributed by atoms with Crippen molar-refractivity contribution in [3.8, 4) is 0 Å². The fourth-order valence-corrected chi connectivity index (χ4v) is 2.24. The van der Waals surface area contributed by atoms with Gasteiger partial charge in [-0.05, 0) is 32.4 Å². The minimum atomic E-state index is -0.444. The van der Waals surface area contributed by atoms with Gasteiger partial charge in [-0.2, -0.15) is 5.10 Å². The molecule has 1 aromatic heterocycles. The number of hydrogen-bond donors (Lipinski definition) is 1. The summed E-state index contributed by atoms with van der Waals surface area (Å²) in [5.74, 6) is -0.444. The summed E-state index contributed by atoms with van der Waals surface area (Å²) in [7, 11) is 1.73. The van der Waals surface area contributed by atoms with E-state index in [2.05, 4.69) is 10.4 Å². The van der Waals surface area contributed by atoms with Crippen molar-refractivity contribution in [2.24, 2.45) is 7.05 Å². The maximum atomic E-state index is 12.4. The van der Waals surface area contributed by atoms with E-state index in [4.69, 9.17) is 4.74 Å². The first-order valence-electron chi connectivity index (χ1n) is 7.38. The molecule has 1 amide bonds. The molecule has 1 heterocycles. The molecule has 6 nitrogen and oxygen atoms in total. The summed E-state index contributed by atoms with van der Waals surface area (Å²) >= 11 is 0. The van der Waals surface area contributed by atoms with Gasteiger partial charge in [-0.25, -0.2) is 0 Å². The number of aryl methyl sites for hydroxylation is 2.